The Bertz CT molecular complexity index is 663. The van der Waals surface area contributed by atoms with Gasteiger partial charge in [-0.05, 0) is 36.4 Å². The van der Waals surface area contributed by atoms with Crippen molar-refractivity contribution in [3.8, 4) is 18.1 Å². The fourth-order valence-electron chi connectivity index (χ4n) is 1.98. The number of aromatic nitrogens is 1. The maximum atomic E-state index is 12.0. The van der Waals surface area contributed by atoms with E-state index in [0.29, 0.717) is 12.3 Å². The van der Waals surface area contributed by atoms with E-state index in [9.17, 15) is 4.79 Å². The van der Waals surface area contributed by atoms with Crippen molar-refractivity contribution in [2.24, 2.45) is 0 Å². The van der Waals surface area contributed by atoms with E-state index in [1.54, 1.807) is 6.20 Å². The lowest BCUT2D eigenvalue weighted by Crippen LogP contribution is -2.34. The lowest BCUT2D eigenvalue weighted by Gasteiger charge is -2.19. The molecule has 0 saturated carbocycles. The zero-order chi connectivity index (χ0) is 16.5. The average Bonchev–Trinajstić information content (AvgIpc) is 2.59. The summed E-state index contributed by atoms with van der Waals surface area (Å²) in [6, 6.07) is 13.0. The summed E-state index contributed by atoms with van der Waals surface area (Å²) in [5, 5.41) is 2.85. The highest BCUT2D eigenvalue weighted by molar-refractivity contribution is 5.81. The van der Waals surface area contributed by atoms with Crippen LogP contribution >= 0.6 is 0 Å². The topological polar surface area (TPSA) is 54.5 Å². The van der Waals surface area contributed by atoms with E-state index in [2.05, 4.69) is 16.2 Å². The molecule has 2 rings (SSSR count). The van der Waals surface area contributed by atoms with E-state index in [-0.39, 0.29) is 19.1 Å². The van der Waals surface area contributed by atoms with Gasteiger partial charge in [0.1, 0.15) is 12.4 Å². The van der Waals surface area contributed by atoms with Crippen molar-refractivity contribution in [3.05, 3.63) is 54.4 Å². The predicted molar refractivity (Wildman–Crippen MR) is 90.1 cm³/mol. The third kappa shape index (κ3) is 5.36. The van der Waals surface area contributed by atoms with E-state index in [0.717, 1.165) is 11.4 Å². The minimum atomic E-state index is -0.0641. The second-order valence-corrected chi connectivity index (χ2v) is 4.94. The van der Waals surface area contributed by atoms with Crippen molar-refractivity contribution in [2.45, 2.75) is 6.54 Å². The Morgan fingerprint density at radius 3 is 2.74 bits per heavy atom. The third-order valence-corrected chi connectivity index (χ3v) is 3.17. The molecule has 1 aromatic carbocycles. The number of pyridine rings is 1. The number of nitrogens with zero attached hydrogens (tertiary/aromatic N) is 2. The molecule has 5 nitrogen and oxygen atoms in total. The largest absolute Gasteiger partial charge is 0.481 e. The van der Waals surface area contributed by atoms with Crippen molar-refractivity contribution in [1.82, 2.24) is 10.3 Å². The zero-order valence-electron chi connectivity index (χ0n) is 13.0. The molecule has 0 aliphatic heterocycles. The van der Waals surface area contributed by atoms with Gasteiger partial charge >= 0.3 is 0 Å². The van der Waals surface area contributed by atoms with Gasteiger partial charge in [0.05, 0.1) is 18.8 Å². The van der Waals surface area contributed by atoms with Crippen LogP contribution in [-0.4, -0.2) is 31.1 Å². The van der Waals surface area contributed by atoms with Crippen LogP contribution in [-0.2, 0) is 11.3 Å². The first-order chi connectivity index (χ1) is 11.2. The van der Waals surface area contributed by atoms with Crippen LogP contribution in [0.2, 0.25) is 0 Å². The number of ether oxygens (including phenoxy) is 1. The van der Waals surface area contributed by atoms with Gasteiger partial charge in [-0.3, -0.25) is 9.78 Å². The number of carbonyl (C=O) groups excluding carboxylic acids is 1. The number of amides is 1. The Morgan fingerprint density at radius 1 is 1.30 bits per heavy atom. The highest BCUT2D eigenvalue weighted by atomic mass is 16.5. The maximum Gasteiger partial charge on any atom is 0.239 e. The average molecular weight is 309 g/mol. The molecule has 0 atom stereocenters. The van der Waals surface area contributed by atoms with Gasteiger partial charge in [-0.1, -0.05) is 12.0 Å². The maximum absolute atomic E-state index is 12.0. The Kier molecular flexibility index (Phi) is 6.01. The smallest absolute Gasteiger partial charge is 0.239 e. The second kappa shape index (κ2) is 8.44. The number of hydrogen-bond acceptors (Lipinski definition) is 4. The van der Waals surface area contributed by atoms with Crippen molar-refractivity contribution >= 4 is 11.6 Å². The Balaban J connectivity index is 1.82. The summed E-state index contributed by atoms with van der Waals surface area (Å²) in [5.74, 6) is 3.06. The molecule has 0 saturated heterocycles. The van der Waals surface area contributed by atoms with Crippen molar-refractivity contribution in [2.75, 3.05) is 25.1 Å². The Morgan fingerprint density at radius 2 is 2.09 bits per heavy atom. The summed E-state index contributed by atoms with van der Waals surface area (Å²) in [4.78, 5) is 18.0. The van der Waals surface area contributed by atoms with E-state index >= 15 is 0 Å². The second-order valence-electron chi connectivity index (χ2n) is 4.94. The molecule has 0 unspecified atom stereocenters. The molecule has 23 heavy (non-hydrogen) atoms. The highest BCUT2D eigenvalue weighted by Crippen LogP contribution is 2.18. The van der Waals surface area contributed by atoms with Gasteiger partial charge in [-0.25, -0.2) is 0 Å². The predicted octanol–water partition coefficient (Wildman–Crippen LogP) is 1.85. The molecule has 0 aliphatic rings. The summed E-state index contributed by atoms with van der Waals surface area (Å²) < 4.78 is 5.32. The normalized spacial score (nSPS) is 9.74. The fraction of sp³-hybridized carbons (Fsp3) is 0.222. The van der Waals surface area contributed by atoms with Crippen molar-refractivity contribution in [1.29, 1.82) is 0 Å². The highest BCUT2D eigenvalue weighted by Gasteiger charge is 2.07. The molecule has 1 aromatic heterocycles. The monoisotopic (exact) mass is 309 g/mol. The number of terminal acetylenes is 1. The number of carbonyl (C=O) groups is 1. The van der Waals surface area contributed by atoms with Crippen LogP contribution in [0.4, 0.5) is 5.69 Å². The molecular weight excluding hydrogens is 290 g/mol. The van der Waals surface area contributed by atoms with Crippen LogP contribution < -0.4 is 15.0 Å². The number of hydrogen-bond donors (Lipinski definition) is 1. The molecular formula is C18H19N3O2. The molecule has 0 radical (unpaired) electrons. The molecule has 0 spiro atoms. The molecule has 1 N–H and O–H groups in total. The lowest BCUT2D eigenvalue weighted by atomic mass is 10.2. The summed E-state index contributed by atoms with van der Waals surface area (Å²) in [6.45, 7) is 0.925. The van der Waals surface area contributed by atoms with Gasteiger partial charge < -0.3 is 15.0 Å². The summed E-state index contributed by atoms with van der Waals surface area (Å²) in [7, 11) is 1.86. The number of likely N-dealkylation sites (N-methyl/N-ethyl adjacent to an activating group) is 1. The molecule has 0 fully saturated rings. The zero-order valence-corrected chi connectivity index (χ0v) is 13.0. The summed E-state index contributed by atoms with van der Waals surface area (Å²) in [6.07, 6.45) is 6.85. The van der Waals surface area contributed by atoms with Gasteiger partial charge in [0.25, 0.3) is 0 Å². The van der Waals surface area contributed by atoms with Crippen molar-refractivity contribution in [3.63, 3.8) is 0 Å². The van der Waals surface area contributed by atoms with Crippen LogP contribution in [0.5, 0.6) is 5.75 Å². The van der Waals surface area contributed by atoms with Crippen LogP contribution in [0.15, 0.2) is 48.7 Å². The van der Waals surface area contributed by atoms with Crippen LogP contribution in [0.25, 0.3) is 0 Å². The fourth-order valence-corrected chi connectivity index (χ4v) is 1.98. The number of rotatable bonds is 7. The number of benzene rings is 1. The molecule has 1 heterocycles. The number of anilines is 1. The first kappa shape index (κ1) is 16.4. The van der Waals surface area contributed by atoms with E-state index < -0.39 is 0 Å². The van der Waals surface area contributed by atoms with Gasteiger partial charge in [0, 0.05) is 18.9 Å². The van der Waals surface area contributed by atoms with Gasteiger partial charge in [0.2, 0.25) is 5.91 Å². The van der Waals surface area contributed by atoms with E-state index in [4.69, 9.17) is 11.2 Å². The first-order valence-corrected chi connectivity index (χ1v) is 7.23. The minimum absolute atomic E-state index is 0.0641. The third-order valence-electron chi connectivity index (χ3n) is 3.17. The van der Waals surface area contributed by atoms with E-state index in [1.807, 2.05) is 54.4 Å². The quantitative estimate of drug-likeness (QED) is 0.793. The Hall–Kier alpha value is -3.00. The van der Waals surface area contributed by atoms with Crippen LogP contribution in [0, 0.1) is 12.3 Å². The van der Waals surface area contributed by atoms with E-state index in [1.165, 1.54) is 0 Å². The SMILES string of the molecule is C#CCOc1ccc(N(C)CC(=O)NCc2ccccn2)cc1. The molecule has 118 valence electrons. The number of nitrogens with one attached hydrogen (secondary N) is 1. The molecule has 1 amide bonds. The molecule has 0 aliphatic carbocycles. The first-order valence-electron chi connectivity index (χ1n) is 7.23. The van der Waals surface area contributed by atoms with Gasteiger partial charge in [-0.2, -0.15) is 0 Å². The Labute approximate surface area is 136 Å². The van der Waals surface area contributed by atoms with Gasteiger partial charge in [-0.15, -0.1) is 6.42 Å². The standard InChI is InChI=1S/C18H19N3O2/c1-3-12-23-17-9-7-16(8-10-17)21(2)14-18(22)20-13-15-6-4-5-11-19-15/h1,4-11H,12-14H2,2H3,(H,20,22). The van der Waals surface area contributed by atoms with Gasteiger partial charge in [0.15, 0.2) is 0 Å². The summed E-state index contributed by atoms with van der Waals surface area (Å²) in [5.41, 5.74) is 1.75. The molecule has 0 bridgehead atoms. The summed E-state index contributed by atoms with van der Waals surface area (Å²) >= 11 is 0. The lowest BCUT2D eigenvalue weighted by molar-refractivity contribution is -0.119. The van der Waals surface area contributed by atoms with Crippen molar-refractivity contribution < 1.29 is 9.53 Å². The van der Waals surface area contributed by atoms with Crippen LogP contribution in [0.1, 0.15) is 5.69 Å². The van der Waals surface area contributed by atoms with Crippen LogP contribution in [0.3, 0.4) is 0 Å². The molecule has 2 aromatic rings. The molecule has 5 heteroatoms. The minimum Gasteiger partial charge on any atom is -0.481 e.